The van der Waals surface area contributed by atoms with Gasteiger partial charge in [-0.2, -0.15) is 0 Å². The van der Waals surface area contributed by atoms with Crippen molar-refractivity contribution in [2.24, 2.45) is 0 Å². The Kier molecular flexibility index (Phi) is 3.13. The number of benzene rings is 1. The van der Waals surface area contributed by atoms with Crippen LogP contribution >= 0.6 is 0 Å². The minimum atomic E-state index is -0.362. The first kappa shape index (κ1) is 12.0. The average molecular weight is 259 g/mol. The molecule has 0 atom stereocenters. The van der Waals surface area contributed by atoms with E-state index in [4.69, 9.17) is 0 Å². The fraction of sp³-hybridized carbons (Fsp3) is 0.286. The molecule has 19 heavy (non-hydrogen) atoms. The summed E-state index contributed by atoms with van der Waals surface area (Å²) in [6.45, 7) is 3.00. The summed E-state index contributed by atoms with van der Waals surface area (Å²) in [5.41, 5.74) is 0.819. The molecule has 3 rings (SSSR count). The predicted octanol–water partition coefficient (Wildman–Crippen LogP) is 1.42. The number of piperazine rings is 1. The highest BCUT2D eigenvalue weighted by Gasteiger charge is 2.18. The molecule has 4 nitrogen and oxygen atoms in total. The molecule has 1 aliphatic rings. The van der Waals surface area contributed by atoms with E-state index in [0.29, 0.717) is 29.6 Å². The van der Waals surface area contributed by atoms with Crippen molar-refractivity contribution < 1.29 is 9.18 Å². The Bertz CT molecular complexity index is 623. The van der Waals surface area contributed by atoms with E-state index in [1.165, 1.54) is 12.3 Å². The largest absolute Gasteiger partial charge is 0.336 e. The van der Waals surface area contributed by atoms with Gasteiger partial charge >= 0.3 is 0 Å². The Hall–Kier alpha value is -2.01. The zero-order chi connectivity index (χ0) is 13.2. The van der Waals surface area contributed by atoms with Crippen molar-refractivity contribution in [2.75, 3.05) is 26.2 Å². The van der Waals surface area contributed by atoms with Crippen molar-refractivity contribution in [3.05, 3.63) is 41.8 Å². The first-order chi connectivity index (χ1) is 9.25. The molecule has 0 aliphatic carbocycles. The average Bonchev–Trinajstić information content (AvgIpc) is 2.47. The lowest BCUT2D eigenvalue weighted by atomic mass is 10.1. The number of amides is 1. The summed E-state index contributed by atoms with van der Waals surface area (Å²) in [4.78, 5) is 18.1. The monoisotopic (exact) mass is 259 g/mol. The first-order valence-corrected chi connectivity index (χ1v) is 6.30. The highest BCUT2D eigenvalue weighted by atomic mass is 19.1. The Morgan fingerprint density at radius 3 is 2.89 bits per heavy atom. The first-order valence-electron chi connectivity index (χ1n) is 6.30. The van der Waals surface area contributed by atoms with Crippen LogP contribution in [-0.4, -0.2) is 42.0 Å². The maximum Gasteiger partial charge on any atom is 0.255 e. The van der Waals surface area contributed by atoms with Gasteiger partial charge in [0.2, 0.25) is 0 Å². The molecule has 0 bridgehead atoms. The van der Waals surface area contributed by atoms with Gasteiger partial charge in [0.05, 0.1) is 5.56 Å². The van der Waals surface area contributed by atoms with Crippen LogP contribution < -0.4 is 5.32 Å². The van der Waals surface area contributed by atoms with E-state index in [-0.39, 0.29) is 11.7 Å². The lowest BCUT2D eigenvalue weighted by Crippen LogP contribution is -2.46. The van der Waals surface area contributed by atoms with Crippen molar-refractivity contribution in [3.8, 4) is 0 Å². The fourth-order valence-corrected chi connectivity index (χ4v) is 2.29. The predicted molar refractivity (Wildman–Crippen MR) is 70.5 cm³/mol. The topological polar surface area (TPSA) is 45.2 Å². The van der Waals surface area contributed by atoms with Crippen molar-refractivity contribution in [1.82, 2.24) is 15.2 Å². The van der Waals surface area contributed by atoms with Crippen LogP contribution in [-0.2, 0) is 0 Å². The maximum absolute atomic E-state index is 13.5. The molecule has 5 heteroatoms. The van der Waals surface area contributed by atoms with Gasteiger partial charge in [0.15, 0.2) is 0 Å². The van der Waals surface area contributed by atoms with Crippen molar-refractivity contribution in [1.29, 1.82) is 0 Å². The number of carbonyl (C=O) groups is 1. The van der Waals surface area contributed by atoms with E-state index >= 15 is 0 Å². The van der Waals surface area contributed by atoms with Gasteiger partial charge in [-0.3, -0.25) is 9.78 Å². The van der Waals surface area contributed by atoms with Gasteiger partial charge in [0.1, 0.15) is 11.3 Å². The number of carbonyl (C=O) groups excluding carboxylic acids is 1. The highest BCUT2D eigenvalue weighted by Crippen LogP contribution is 2.17. The second-order valence-electron chi connectivity index (χ2n) is 4.58. The van der Waals surface area contributed by atoms with Crippen LogP contribution in [0.15, 0.2) is 30.5 Å². The van der Waals surface area contributed by atoms with Gasteiger partial charge < -0.3 is 10.2 Å². The van der Waals surface area contributed by atoms with Crippen LogP contribution in [0.25, 0.3) is 10.9 Å². The van der Waals surface area contributed by atoms with E-state index in [0.717, 1.165) is 13.1 Å². The number of aromatic nitrogens is 1. The standard InChI is InChI=1S/C14H14FN3O/c15-12-3-1-2-10-8-11(9-17-13(10)12)14(19)18-6-4-16-5-7-18/h1-3,8-9,16H,4-7H2. The van der Waals surface area contributed by atoms with Crippen LogP contribution in [0.5, 0.6) is 0 Å². The zero-order valence-electron chi connectivity index (χ0n) is 10.4. The van der Waals surface area contributed by atoms with Gasteiger partial charge in [-0.05, 0) is 12.1 Å². The third-order valence-corrected chi connectivity index (χ3v) is 3.31. The lowest BCUT2D eigenvalue weighted by Gasteiger charge is -2.27. The molecule has 1 saturated heterocycles. The maximum atomic E-state index is 13.5. The SMILES string of the molecule is O=C(c1cnc2c(F)cccc2c1)N1CCNCC1. The molecule has 1 amide bonds. The molecule has 2 heterocycles. The molecule has 2 aromatic rings. The summed E-state index contributed by atoms with van der Waals surface area (Å²) >= 11 is 0. The Morgan fingerprint density at radius 1 is 1.32 bits per heavy atom. The summed E-state index contributed by atoms with van der Waals surface area (Å²) in [6.07, 6.45) is 1.45. The second-order valence-corrected chi connectivity index (χ2v) is 4.58. The Labute approximate surface area is 110 Å². The lowest BCUT2D eigenvalue weighted by molar-refractivity contribution is 0.0735. The number of nitrogens with one attached hydrogen (secondary N) is 1. The number of nitrogens with zero attached hydrogens (tertiary/aromatic N) is 2. The van der Waals surface area contributed by atoms with Crippen LogP contribution in [0.4, 0.5) is 4.39 Å². The number of halogens is 1. The summed E-state index contributed by atoms with van der Waals surface area (Å²) in [5.74, 6) is -0.404. The van der Waals surface area contributed by atoms with Gasteiger partial charge in [-0.15, -0.1) is 0 Å². The molecular weight excluding hydrogens is 245 g/mol. The second kappa shape index (κ2) is 4.93. The normalized spacial score (nSPS) is 15.7. The van der Waals surface area contributed by atoms with E-state index in [2.05, 4.69) is 10.3 Å². The van der Waals surface area contributed by atoms with E-state index in [1.54, 1.807) is 23.1 Å². The summed E-state index contributed by atoms with van der Waals surface area (Å²) in [6, 6.07) is 6.46. The molecule has 1 fully saturated rings. The van der Waals surface area contributed by atoms with E-state index in [1.807, 2.05) is 0 Å². The zero-order valence-corrected chi connectivity index (χ0v) is 10.4. The minimum absolute atomic E-state index is 0.0415. The van der Waals surface area contributed by atoms with Crippen LogP contribution in [0.2, 0.25) is 0 Å². The van der Waals surface area contributed by atoms with Gasteiger partial charge in [-0.25, -0.2) is 4.39 Å². The number of hydrogen-bond donors (Lipinski definition) is 1. The molecule has 0 unspecified atom stereocenters. The number of para-hydroxylation sites is 1. The molecular formula is C14H14FN3O. The minimum Gasteiger partial charge on any atom is -0.336 e. The molecule has 1 aliphatic heterocycles. The third kappa shape index (κ3) is 2.29. The molecule has 1 N–H and O–H groups in total. The van der Waals surface area contributed by atoms with Crippen molar-refractivity contribution in [2.45, 2.75) is 0 Å². The van der Waals surface area contributed by atoms with Gasteiger partial charge in [0.25, 0.3) is 5.91 Å². The van der Waals surface area contributed by atoms with E-state index in [9.17, 15) is 9.18 Å². The third-order valence-electron chi connectivity index (χ3n) is 3.31. The summed E-state index contributed by atoms with van der Waals surface area (Å²) in [5, 5.41) is 3.85. The van der Waals surface area contributed by atoms with Crippen LogP contribution in [0.3, 0.4) is 0 Å². The number of pyridine rings is 1. The van der Waals surface area contributed by atoms with Gasteiger partial charge in [-0.1, -0.05) is 12.1 Å². The quantitative estimate of drug-likeness (QED) is 0.842. The molecule has 98 valence electrons. The van der Waals surface area contributed by atoms with E-state index < -0.39 is 0 Å². The Morgan fingerprint density at radius 2 is 2.11 bits per heavy atom. The van der Waals surface area contributed by atoms with Crippen molar-refractivity contribution in [3.63, 3.8) is 0 Å². The smallest absolute Gasteiger partial charge is 0.255 e. The fourth-order valence-electron chi connectivity index (χ4n) is 2.29. The number of hydrogen-bond acceptors (Lipinski definition) is 3. The molecule has 1 aromatic carbocycles. The molecule has 0 radical (unpaired) electrons. The van der Waals surface area contributed by atoms with Crippen LogP contribution in [0.1, 0.15) is 10.4 Å². The molecule has 0 saturated carbocycles. The van der Waals surface area contributed by atoms with Crippen LogP contribution in [0, 0.1) is 5.82 Å². The Balaban J connectivity index is 1.94. The van der Waals surface area contributed by atoms with Crippen molar-refractivity contribution >= 4 is 16.8 Å². The number of fused-ring (bicyclic) bond motifs is 1. The summed E-state index contributed by atoms with van der Waals surface area (Å²) < 4.78 is 13.5. The number of rotatable bonds is 1. The van der Waals surface area contributed by atoms with Gasteiger partial charge in [0, 0.05) is 37.8 Å². The molecule has 0 spiro atoms. The summed E-state index contributed by atoms with van der Waals surface area (Å²) in [7, 11) is 0. The molecule has 1 aromatic heterocycles. The highest BCUT2D eigenvalue weighted by molar-refractivity contribution is 5.97.